The van der Waals surface area contributed by atoms with Crippen LogP contribution in [0.3, 0.4) is 0 Å². The van der Waals surface area contributed by atoms with Gasteiger partial charge in [-0.15, -0.1) is 11.3 Å². The van der Waals surface area contributed by atoms with Crippen LogP contribution >= 0.6 is 11.3 Å². The molecule has 1 saturated heterocycles. The summed E-state index contributed by atoms with van der Waals surface area (Å²) in [6.45, 7) is 8.29. The number of aromatic nitrogens is 1. The van der Waals surface area contributed by atoms with E-state index in [2.05, 4.69) is 10.3 Å². The summed E-state index contributed by atoms with van der Waals surface area (Å²) in [5, 5.41) is 3.65. The Balaban J connectivity index is 2.33. The zero-order valence-corrected chi connectivity index (χ0v) is 11.8. The minimum Gasteiger partial charge on any atom is -0.352 e. The molecule has 0 spiro atoms. The van der Waals surface area contributed by atoms with E-state index in [1.54, 1.807) is 18.7 Å². The highest BCUT2D eigenvalue weighted by atomic mass is 32.1. The van der Waals surface area contributed by atoms with E-state index in [-0.39, 0.29) is 11.8 Å². The van der Waals surface area contributed by atoms with Crippen molar-refractivity contribution in [3.8, 4) is 0 Å². The average molecular weight is 267 g/mol. The summed E-state index contributed by atoms with van der Waals surface area (Å²) < 4.78 is 0. The number of aryl methyl sites for hydroxylation is 2. The number of carbonyl (C=O) groups excluding carboxylic acids is 2. The number of nitrogens with zero attached hydrogens (tertiary/aromatic N) is 2. The molecule has 1 aromatic rings. The van der Waals surface area contributed by atoms with E-state index in [1.165, 1.54) is 11.3 Å². The third-order valence-electron chi connectivity index (χ3n) is 3.20. The summed E-state index contributed by atoms with van der Waals surface area (Å²) >= 11 is 1.50. The summed E-state index contributed by atoms with van der Waals surface area (Å²) in [7, 11) is 0. The molecule has 0 aromatic carbocycles. The van der Waals surface area contributed by atoms with Gasteiger partial charge in [-0.1, -0.05) is 0 Å². The lowest BCUT2D eigenvalue weighted by Gasteiger charge is -2.40. The fraction of sp³-hybridized carbons (Fsp3) is 0.583. The van der Waals surface area contributed by atoms with Crippen LogP contribution in [-0.4, -0.2) is 40.3 Å². The Morgan fingerprint density at radius 3 is 2.67 bits per heavy atom. The molecule has 2 rings (SSSR count). The van der Waals surface area contributed by atoms with Crippen molar-refractivity contribution in [2.45, 2.75) is 33.2 Å². The summed E-state index contributed by atoms with van der Waals surface area (Å²) in [6.07, 6.45) is 0. The van der Waals surface area contributed by atoms with Crippen molar-refractivity contribution in [3.63, 3.8) is 0 Å². The molecule has 1 aliphatic rings. The SMILES string of the molecule is Cc1nc(C(=O)N2CCNC(=O)C2(C)C)c(C)s1. The topological polar surface area (TPSA) is 62.3 Å². The van der Waals surface area contributed by atoms with Crippen molar-refractivity contribution in [1.29, 1.82) is 0 Å². The molecule has 1 N–H and O–H groups in total. The molecule has 0 atom stereocenters. The highest BCUT2D eigenvalue weighted by Gasteiger charge is 2.41. The molecule has 6 heteroatoms. The minimum atomic E-state index is -0.820. The van der Waals surface area contributed by atoms with E-state index in [0.717, 1.165) is 9.88 Å². The van der Waals surface area contributed by atoms with E-state index in [0.29, 0.717) is 18.8 Å². The molecule has 0 saturated carbocycles. The van der Waals surface area contributed by atoms with Crippen LogP contribution in [0.25, 0.3) is 0 Å². The first-order chi connectivity index (χ1) is 8.34. The molecule has 1 aliphatic heterocycles. The number of carbonyl (C=O) groups is 2. The van der Waals surface area contributed by atoms with E-state index < -0.39 is 5.54 Å². The van der Waals surface area contributed by atoms with Gasteiger partial charge in [-0.3, -0.25) is 9.59 Å². The van der Waals surface area contributed by atoms with Crippen molar-refractivity contribution < 1.29 is 9.59 Å². The smallest absolute Gasteiger partial charge is 0.274 e. The quantitative estimate of drug-likeness (QED) is 0.829. The second kappa shape index (κ2) is 4.35. The first kappa shape index (κ1) is 13.0. The van der Waals surface area contributed by atoms with Gasteiger partial charge in [0.05, 0.1) is 5.01 Å². The number of amides is 2. The monoisotopic (exact) mass is 267 g/mol. The summed E-state index contributed by atoms with van der Waals surface area (Å²) in [4.78, 5) is 31.1. The molecule has 1 aromatic heterocycles. The van der Waals surface area contributed by atoms with Gasteiger partial charge >= 0.3 is 0 Å². The molecule has 2 heterocycles. The Morgan fingerprint density at radius 2 is 2.11 bits per heavy atom. The van der Waals surface area contributed by atoms with E-state index in [1.807, 2.05) is 13.8 Å². The molecule has 0 aliphatic carbocycles. The second-order valence-electron chi connectivity index (χ2n) is 4.91. The third-order valence-corrected chi connectivity index (χ3v) is 4.09. The number of nitrogens with one attached hydrogen (secondary N) is 1. The Kier molecular flexibility index (Phi) is 3.14. The Labute approximate surface area is 110 Å². The molecule has 0 radical (unpaired) electrons. The lowest BCUT2D eigenvalue weighted by atomic mass is 9.98. The zero-order valence-electron chi connectivity index (χ0n) is 11.0. The lowest BCUT2D eigenvalue weighted by Crippen LogP contribution is -2.63. The first-order valence-electron chi connectivity index (χ1n) is 5.88. The van der Waals surface area contributed by atoms with Gasteiger partial charge in [0, 0.05) is 18.0 Å². The van der Waals surface area contributed by atoms with E-state index >= 15 is 0 Å². The number of piperazine rings is 1. The first-order valence-corrected chi connectivity index (χ1v) is 6.70. The minimum absolute atomic E-state index is 0.119. The van der Waals surface area contributed by atoms with Gasteiger partial charge in [-0.2, -0.15) is 0 Å². The number of rotatable bonds is 1. The molecule has 0 unspecified atom stereocenters. The van der Waals surface area contributed by atoms with E-state index in [4.69, 9.17) is 0 Å². The predicted molar refractivity (Wildman–Crippen MR) is 69.7 cm³/mol. The Hall–Kier alpha value is -1.43. The fourth-order valence-electron chi connectivity index (χ4n) is 2.11. The van der Waals surface area contributed by atoms with Crippen LogP contribution < -0.4 is 5.32 Å². The third kappa shape index (κ3) is 2.01. The molecule has 2 amide bonds. The molecule has 1 fully saturated rings. The maximum absolute atomic E-state index is 12.5. The van der Waals surface area contributed by atoms with Gasteiger partial charge in [-0.05, 0) is 27.7 Å². The average Bonchev–Trinajstić information content (AvgIpc) is 2.61. The lowest BCUT2D eigenvalue weighted by molar-refractivity contribution is -0.133. The van der Waals surface area contributed by atoms with Crippen molar-refractivity contribution >= 4 is 23.2 Å². The Morgan fingerprint density at radius 1 is 1.44 bits per heavy atom. The highest BCUT2D eigenvalue weighted by Crippen LogP contribution is 2.24. The maximum Gasteiger partial charge on any atom is 0.274 e. The normalized spacial score (nSPS) is 18.7. The molecule has 98 valence electrons. The Bertz CT molecular complexity index is 507. The van der Waals surface area contributed by atoms with Crippen LogP contribution in [0.15, 0.2) is 0 Å². The maximum atomic E-state index is 12.5. The summed E-state index contributed by atoms with van der Waals surface area (Å²) in [6, 6.07) is 0. The van der Waals surface area contributed by atoms with Gasteiger partial charge in [0.15, 0.2) is 0 Å². The molecule has 5 nitrogen and oxygen atoms in total. The molecular weight excluding hydrogens is 250 g/mol. The zero-order chi connectivity index (χ0) is 13.5. The largest absolute Gasteiger partial charge is 0.352 e. The van der Waals surface area contributed by atoms with Gasteiger partial charge < -0.3 is 10.2 Å². The van der Waals surface area contributed by atoms with Crippen molar-refractivity contribution in [1.82, 2.24) is 15.2 Å². The van der Waals surface area contributed by atoms with Crippen LogP contribution in [-0.2, 0) is 4.79 Å². The number of thiazole rings is 1. The molecule has 18 heavy (non-hydrogen) atoms. The summed E-state index contributed by atoms with van der Waals surface area (Å²) in [5.74, 6) is -0.275. The second-order valence-corrected chi connectivity index (χ2v) is 6.32. The van der Waals surface area contributed by atoms with Crippen LogP contribution in [0.4, 0.5) is 0 Å². The van der Waals surface area contributed by atoms with Crippen LogP contribution in [0.5, 0.6) is 0 Å². The van der Waals surface area contributed by atoms with Gasteiger partial charge in [0.25, 0.3) is 5.91 Å². The number of hydrogen-bond acceptors (Lipinski definition) is 4. The van der Waals surface area contributed by atoms with Crippen LogP contribution in [0.2, 0.25) is 0 Å². The van der Waals surface area contributed by atoms with Gasteiger partial charge in [0.1, 0.15) is 11.2 Å². The van der Waals surface area contributed by atoms with Gasteiger partial charge in [-0.25, -0.2) is 4.98 Å². The van der Waals surface area contributed by atoms with E-state index in [9.17, 15) is 9.59 Å². The van der Waals surface area contributed by atoms with Crippen LogP contribution in [0, 0.1) is 13.8 Å². The van der Waals surface area contributed by atoms with Crippen molar-refractivity contribution in [3.05, 3.63) is 15.6 Å². The highest BCUT2D eigenvalue weighted by molar-refractivity contribution is 7.11. The molecule has 0 bridgehead atoms. The fourth-order valence-corrected chi connectivity index (χ4v) is 2.92. The van der Waals surface area contributed by atoms with Crippen molar-refractivity contribution in [2.24, 2.45) is 0 Å². The predicted octanol–water partition coefficient (Wildman–Crippen LogP) is 1.11. The van der Waals surface area contributed by atoms with Crippen molar-refractivity contribution in [2.75, 3.05) is 13.1 Å². The molecular formula is C12H17N3O2S. The van der Waals surface area contributed by atoms with Gasteiger partial charge in [0.2, 0.25) is 5.91 Å². The number of hydrogen-bond donors (Lipinski definition) is 1. The van der Waals surface area contributed by atoms with Crippen LogP contribution in [0.1, 0.15) is 34.2 Å². The standard InChI is InChI=1S/C12H17N3O2S/c1-7-9(14-8(2)18-7)10(16)15-6-5-13-11(17)12(15,3)4/h5-6H2,1-4H3,(H,13,17). The summed E-state index contributed by atoms with van der Waals surface area (Å²) in [5.41, 5.74) is -0.348.